The summed E-state index contributed by atoms with van der Waals surface area (Å²) in [5.74, 6) is 0.0105. The minimum absolute atomic E-state index is 0.0493. The van der Waals surface area contributed by atoms with E-state index in [-0.39, 0.29) is 30.4 Å². The van der Waals surface area contributed by atoms with Crippen molar-refractivity contribution in [1.29, 1.82) is 0 Å². The number of allylic oxidation sites excluding steroid dienone is 5. The molecule has 0 aliphatic carbocycles. The highest BCUT2D eigenvalue weighted by Gasteiger charge is 2.22. The Labute approximate surface area is 156 Å². The number of hydrogen-bond acceptors (Lipinski definition) is 2. The largest absolute Gasteiger partial charge is 0.307 e. The van der Waals surface area contributed by atoms with Crippen molar-refractivity contribution < 1.29 is 9.59 Å². The molecule has 0 atom stereocenters. The fourth-order valence-corrected chi connectivity index (χ4v) is 2.94. The molecule has 1 amide bonds. The molecular weight excluding hydrogens is 322 g/mol. The van der Waals surface area contributed by atoms with Crippen molar-refractivity contribution in [3.8, 4) is 0 Å². The molecule has 0 spiro atoms. The van der Waals surface area contributed by atoms with Crippen LogP contribution in [-0.4, -0.2) is 16.6 Å². The van der Waals surface area contributed by atoms with E-state index in [2.05, 4.69) is 12.7 Å². The Morgan fingerprint density at radius 2 is 1.92 bits per heavy atom. The lowest BCUT2D eigenvalue weighted by molar-refractivity contribution is -0.132. The Bertz CT molecular complexity index is 781. The van der Waals surface area contributed by atoms with Gasteiger partial charge in [0.2, 0.25) is 5.91 Å². The fraction of sp³-hybridized carbons (Fsp3) is 0.304. The third-order valence-electron chi connectivity index (χ3n) is 4.48. The zero-order chi connectivity index (χ0) is 19.1. The molecule has 0 bridgehead atoms. The van der Waals surface area contributed by atoms with E-state index in [1.54, 1.807) is 11.0 Å². The number of ketones is 1. The summed E-state index contributed by atoms with van der Waals surface area (Å²) in [6.07, 6.45) is 10.2. The minimum Gasteiger partial charge on any atom is -0.307 e. The Kier molecular flexibility index (Phi) is 6.90. The molecule has 26 heavy (non-hydrogen) atoms. The summed E-state index contributed by atoms with van der Waals surface area (Å²) in [7, 11) is 0. The van der Waals surface area contributed by atoms with Crippen LogP contribution in [0.15, 0.2) is 66.4 Å². The van der Waals surface area contributed by atoms with Crippen molar-refractivity contribution in [1.82, 2.24) is 4.90 Å². The second kappa shape index (κ2) is 9.14. The van der Waals surface area contributed by atoms with Gasteiger partial charge in [0.05, 0.1) is 12.2 Å². The summed E-state index contributed by atoms with van der Waals surface area (Å²) in [6, 6.07) is 8.04. The van der Waals surface area contributed by atoms with Gasteiger partial charge >= 0.3 is 0 Å². The first-order valence-electron chi connectivity index (χ1n) is 9.06. The fourth-order valence-electron chi connectivity index (χ4n) is 2.94. The highest BCUT2D eigenvalue weighted by molar-refractivity contribution is 5.87. The highest BCUT2D eigenvalue weighted by Crippen LogP contribution is 2.25. The van der Waals surface area contributed by atoms with Gasteiger partial charge in [0, 0.05) is 18.8 Å². The lowest BCUT2D eigenvalue weighted by Gasteiger charge is -2.27. The van der Waals surface area contributed by atoms with Crippen LogP contribution in [0.2, 0.25) is 0 Å². The van der Waals surface area contributed by atoms with E-state index in [0.29, 0.717) is 6.54 Å². The smallest absolute Gasteiger partial charge is 0.227 e. The number of carbonyl (C=O) groups is 2. The number of Topliss-reactive ketones (excluding diaryl/α,β-unsaturated/α-hetero) is 1. The third kappa shape index (κ3) is 4.69. The van der Waals surface area contributed by atoms with Crippen molar-refractivity contribution in [2.75, 3.05) is 0 Å². The van der Waals surface area contributed by atoms with Gasteiger partial charge in [-0.25, -0.2) is 0 Å². The SMILES string of the molecule is C=C/C1=C(\C=C/C)/C=C\c2ccccc2CN1C(=O)CCC(=O)C(C)C. The molecule has 136 valence electrons. The molecule has 1 aromatic carbocycles. The molecule has 3 nitrogen and oxygen atoms in total. The Balaban J connectivity index is 2.41. The van der Waals surface area contributed by atoms with Crippen molar-refractivity contribution in [3.63, 3.8) is 0 Å². The van der Waals surface area contributed by atoms with E-state index in [1.807, 2.05) is 63.3 Å². The van der Waals surface area contributed by atoms with E-state index in [9.17, 15) is 9.59 Å². The average molecular weight is 349 g/mol. The van der Waals surface area contributed by atoms with Gasteiger partial charge in [-0.05, 0) is 29.7 Å². The molecule has 0 aromatic heterocycles. The molecule has 0 saturated heterocycles. The van der Waals surface area contributed by atoms with Gasteiger partial charge in [0.1, 0.15) is 5.78 Å². The Morgan fingerprint density at radius 3 is 2.58 bits per heavy atom. The molecule has 3 heteroatoms. The molecule has 0 unspecified atom stereocenters. The summed E-state index contributed by atoms with van der Waals surface area (Å²) < 4.78 is 0. The van der Waals surface area contributed by atoms with E-state index < -0.39 is 0 Å². The molecule has 2 rings (SSSR count). The van der Waals surface area contributed by atoms with Crippen LogP contribution in [0.1, 0.15) is 44.7 Å². The predicted octanol–water partition coefficient (Wildman–Crippen LogP) is 5.06. The number of carbonyl (C=O) groups excluding carboxylic acids is 2. The topological polar surface area (TPSA) is 37.4 Å². The standard InChI is InChI=1S/C23H27NO2/c1-5-9-19-13-12-18-10-7-8-11-20(18)16-24(21(19)6-2)23(26)15-14-22(25)17(3)4/h5-13,17H,2,14-16H2,1,3-4H3/b9-5-,13-12-,21-19-. The zero-order valence-electron chi connectivity index (χ0n) is 15.9. The maximum atomic E-state index is 13.0. The first-order chi connectivity index (χ1) is 12.5. The lowest BCUT2D eigenvalue weighted by atomic mass is 9.99. The molecule has 0 N–H and O–H groups in total. The van der Waals surface area contributed by atoms with Gasteiger partial charge in [0.25, 0.3) is 0 Å². The number of fused-ring (bicyclic) bond motifs is 1. The highest BCUT2D eigenvalue weighted by atomic mass is 16.2. The summed E-state index contributed by atoms with van der Waals surface area (Å²) in [5, 5.41) is 0. The molecule has 0 radical (unpaired) electrons. The number of rotatable bonds is 6. The van der Waals surface area contributed by atoms with Crippen molar-refractivity contribution >= 4 is 17.8 Å². The van der Waals surface area contributed by atoms with Crippen LogP contribution in [0.5, 0.6) is 0 Å². The van der Waals surface area contributed by atoms with Gasteiger partial charge in [-0.1, -0.05) is 69.0 Å². The van der Waals surface area contributed by atoms with E-state index >= 15 is 0 Å². The van der Waals surface area contributed by atoms with Crippen LogP contribution in [-0.2, 0) is 16.1 Å². The van der Waals surface area contributed by atoms with E-state index in [0.717, 1.165) is 22.4 Å². The van der Waals surface area contributed by atoms with Crippen LogP contribution in [0, 0.1) is 5.92 Å². The molecule has 0 fully saturated rings. The molecule has 1 heterocycles. The van der Waals surface area contributed by atoms with Crippen LogP contribution < -0.4 is 0 Å². The Morgan fingerprint density at radius 1 is 1.19 bits per heavy atom. The zero-order valence-corrected chi connectivity index (χ0v) is 15.9. The summed E-state index contributed by atoms with van der Waals surface area (Å²) in [4.78, 5) is 26.7. The molecular formula is C23H27NO2. The second-order valence-electron chi connectivity index (χ2n) is 6.68. The summed E-state index contributed by atoms with van der Waals surface area (Å²) in [6.45, 7) is 10.1. The lowest BCUT2D eigenvalue weighted by Crippen LogP contribution is -2.31. The average Bonchev–Trinajstić information content (AvgIpc) is 2.62. The van der Waals surface area contributed by atoms with Crippen molar-refractivity contribution in [3.05, 3.63) is 77.5 Å². The van der Waals surface area contributed by atoms with Crippen molar-refractivity contribution in [2.45, 2.75) is 40.2 Å². The Hall–Kier alpha value is -2.68. The van der Waals surface area contributed by atoms with Gasteiger partial charge in [0.15, 0.2) is 0 Å². The monoisotopic (exact) mass is 349 g/mol. The third-order valence-corrected chi connectivity index (χ3v) is 4.48. The number of benzene rings is 1. The predicted molar refractivity (Wildman–Crippen MR) is 107 cm³/mol. The number of nitrogens with zero attached hydrogens (tertiary/aromatic N) is 1. The van der Waals surface area contributed by atoms with Crippen LogP contribution in [0.25, 0.3) is 6.08 Å². The van der Waals surface area contributed by atoms with E-state index in [4.69, 9.17) is 0 Å². The normalized spacial score (nSPS) is 18.4. The summed E-state index contributed by atoms with van der Waals surface area (Å²) in [5.41, 5.74) is 3.87. The quantitative estimate of drug-likeness (QED) is 0.719. The van der Waals surface area contributed by atoms with Crippen LogP contribution in [0.3, 0.4) is 0 Å². The second-order valence-corrected chi connectivity index (χ2v) is 6.68. The molecule has 1 aliphatic rings. The van der Waals surface area contributed by atoms with Gasteiger partial charge < -0.3 is 4.90 Å². The van der Waals surface area contributed by atoms with Crippen molar-refractivity contribution in [2.24, 2.45) is 5.92 Å². The summed E-state index contributed by atoms with van der Waals surface area (Å²) >= 11 is 0. The van der Waals surface area contributed by atoms with E-state index in [1.165, 1.54) is 0 Å². The van der Waals surface area contributed by atoms with Gasteiger partial charge in [-0.3, -0.25) is 9.59 Å². The number of amides is 1. The minimum atomic E-state index is -0.0546. The van der Waals surface area contributed by atoms with Gasteiger partial charge in [-0.2, -0.15) is 0 Å². The number of hydrogen-bond donors (Lipinski definition) is 0. The molecule has 1 aliphatic heterocycles. The first kappa shape index (κ1) is 19.6. The first-order valence-corrected chi connectivity index (χ1v) is 9.06. The maximum Gasteiger partial charge on any atom is 0.227 e. The van der Waals surface area contributed by atoms with Crippen LogP contribution in [0.4, 0.5) is 0 Å². The molecule has 1 aromatic rings. The van der Waals surface area contributed by atoms with Crippen LogP contribution >= 0.6 is 0 Å². The van der Waals surface area contributed by atoms with Gasteiger partial charge in [-0.15, -0.1) is 0 Å². The molecule has 0 saturated carbocycles. The maximum absolute atomic E-state index is 13.0.